The second kappa shape index (κ2) is 6.35. The fraction of sp³-hybridized carbons (Fsp3) is 0.467. The molecular formula is C15H19N3O. The molecule has 1 atom stereocenters. The fourth-order valence-electron chi connectivity index (χ4n) is 2.26. The Balaban J connectivity index is 2.02. The van der Waals surface area contributed by atoms with Crippen molar-refractivity contribution in [1.29, 1.82) is 5.26 Å². The molecule has 1 N–H and O–H groups in total. The molecule has 1 fully saturated rings. The van der Waals surface area contributed by atoms with Crippen LogP contribution in [0.15, 0.2) is 30.3 Å². The molecule has 4 heteroatoms. The molecule has 0 spiro atoms. The Morgan fingerprint density at radius 1 is 1.47 bits per heavy atom. The Morgan fingerprint density at radius 3 is 2.68 bits per heavy atom. The summed E-state index contributed by atoms with van der Waals surface area (Å²) in [6.07, 6.45) is 0. The van der Waals surface area contributed by atoms with Gasteiger partial charge in [0.1, 0.15) is 6.54 Å². The van der Waals surface area contributed by atoms with Crippen molar-refractivity contribution < 1.29 is 4.79 Å². The van der Waals surface area contributed by atoms with Gasteiger partial charge >= 0.3 is 0 Å². The summed E-state index contributed by atoms with van der Waals surface area (Å²) >= 11 is 0. The average molecular weight is 257 g/mol. The van der Waals surface area contributed by atoms with Crippen molar-refractivity contribution >= 4 is 5.91 Å². The largest absolute Gasteiger partial charge is 0.325 e. The van der Waals surface area contributed by atoms with Gasteiger partial charge in [0.2, 0.25) is 5.91 Å². The van der Waals surface area contributed by atoms with Crippen LogP contribution in [-0.2, 0) is 11.3 Å². The lowest BCUT2D eigenvalue weighted by Crippen LogP contribution is -2.50. The van der Waals surface area contributed by atoms with Crippen LogP contribution in [0.1, 0.15) is 12.5 Å². The number of carbonyl (C=O) groups is 1. The summed E-state index contributed by atoms with van der Waals surface area (Å²) in [6.45, 7) is 4.43. The van der Waals surface area contributed by atoms with E-state index in [2.05, 4.69) is 11.4 Å². The van der Waals surface area contributed by atoms with Gasteiger partial charge in [0, 0.05) is 12.5 Å². The fourth-order valence-corrected chi connectivity index (χ4v) is 2.26. The molecule has 1 amide bonds. The molecule has 100 valence electrons. The number of nitriles is 1. The zero-order chi connectivity index (χ0) is 13.7. The number of carbonyl (C=O) groups excluding carboxylic acids is 1. The van der Waals surface area contributed by atoms with Crippen molar-refractivity contribution in [3.8, 4) is 6.07 Å². The van der Waals surface area contributed by atoms with Crippen LogP contribution >= 0.6 is 0 Å². The van der Waals surface area contributed by atoms with Crippen LogP contribution in [-0.4, -0.2) is 30.4 Å². The molecule has 19 heavy (non-hydrogen) atoms. The van der Waals surface area contributed by atoms with Crippen molar-refractivity contribution in [2.75, 3.05) is 19.6 Å². The first-order valence-electron chi connectivity index (χ1n) is 6.62. The third-order valence-corrected chi connectivity index (χ3v) is 3.70. The predicted molar refractivity (Wildman–Crippen MR) is 73.0 cm³/mol. The minimum Gasteiger partial charge on any atom is -0.325 e. The Labute approximate surface area is 114 Å². The summed E-state index contributed by atoms with van der Waals surface area (Å²) in [7, 11) is 0. The van der Waals surface area contributed by atoms with E-state index in [9.17, 15) is 4.79 Å². The predicted octanol–water partition coefficient (Wildman–Crippen LogP) is 1.39. The van der Waals surface area contributed by atoms with Crippen molar-refractivity contribution in [1.82, 2.24) is 10.2 Å². The monoisotopic (exact) mass is 257 g/mol. The number of amides is 1. The number of hydrogen-bond acceptors (Lipinski definition) is 3. The lowest BCUT2D eigenvalue weighted by atomic mass is 9.88. The van der Waals surface area contributed by atoms with Crippen LogP contribution < -0.4 is 5.32 Å². The van der Waals surface area contributed by atoms with Crippen molar-refractivity contribution in [2.45, 2.75) is 13.5 Å². The second-order valence-electron chi connectivity index (χ2n) is 5.05. The third-order valence-electron chi connectivity index (χ3n) is 3.70. The van der Waals surface area contributed by atoms with E-state index < -0.39 is 0 Å². The Morgan fingerprint density at radius 2 is 2.16 bits per heavy atom. The number of benzene rings is 1. The number of rotatable bonds is 5. The molecule has 0 radical (unpaired) electrons. The number of nitrogens with zero attached hydrogens (tertiary/aromatic N) is 2. The van der Waals surface area contributed by atoms with Gasteiger partial charge in [0.25, 0.3) is 0 Å². The molecule has 1 saturated heterocycles. The van der Waals surface area contributed by atoms with Crippen LogP contribution in [0.3, 0.4) is 0 Å². The van der Waals surface area contributed by atoms with Gasteiger partial charge in [0.15, 0.2) is 0 Å². The summed E-state index contributed by atoms with van der Waals surface area (Å²) < 4.78 is 0. The first-order chi connectivity index (χ1) is 9.22. The van der Waals surface area contributed by atoms with E-state index in [4.69, 9.17) is 5.26 Å². The summed E-state index contributed by atoms with van der Waals surface area (Å²) in [5, 5.41) is 12.1. The standard InChI is InChI=1S/C15H19N3O/c1-12(14-9-17-10-14)15(19)18(8-7-16)11-13-5-3-2-4-6-13/h2-6,12,14,17H,8-11H2,1H3. The topological polar surface area (TPSA) is 56.1 Å². The molecular weight excluding hydrogens is 238 g/mol. The maximum absolute atomic E-state index is 12.4. The van der Waals surface area contributed by atoms with E-state index in [0.29, 0.717) is 12.5 Å². The highest BCUT2D eigenvalue weighted by molar-refractivity contribution is 5.79. The van der Waals surface area contributed by atoms with E-state index in [0.717, 1.165) is 18.7 Å². The summed E-state index contributed by atoms with van der Waals surface area (Å²) in [4.78, 5) is 14.1. The summed E-state index contributed by atoms with van der Waals surface area (Å²) in [6, 6.07) is 11.9. The summed E-state index contributed by atoms with van der Waals surface area (Å²) in [5.74, 6) is 0.472. The SMILES string of the molecule is CC(C(=O)N(CC#N)Cc1ccccc1)C1CNC1. The van der Waals surface area contributed by atoms with Gasteiger partial charge in [-0.3, -0.25) is 4.79 Å². The molecule has 1 aliphatic rings. The molecule has 1 unspecified atom stereocenters. The highest BCUT2D eigenvalue weighted by atomic mass is 16.2. The van der Waals surface area contributed by atoms with Crippen LogP contribution in [0.5, 0.6) is 0 Å². The molecule has 4 nitrogen and oxygen atoms in total. The molecule has 1 aliphatic heterocycles. The van der Waals surface area contributed by atoms with Gasteiger partial charge in [-0.15, -0.1) is 0 Å². The van der Waals surface area contributed by atoms with E-state index in [1.807, 2.05) is 37.3 Å². The van der Waals surface area contributed by atoms with E-state index in [1.54, 1.807) is 4.90 Å². The lowest BCUT2D eigenvalue weighted by molar-refractivity contribution is -0.137. The van der Waals surface area contributed by atoms with Gasteiger partial charge in [-0.2, -0.15) is 5.26 Å². The van der Waals surface area contributed by atoms with E-state index >= 15 is 0 Å². The molecule has 0 bridgehead atoms. The first kappa shape index (κ1) is 13.6. The van der Waals surface area contributed by atoms with Crippen LogP contribution in [0, 0.1) is 23.2 Å². The van der Waals surface area contributed by atoms with Crippen LogP contribution in [0.25, 0.3) is 0 Å². The number of nitrogens with one attached hydrogen (secondary N) is 1. The highest BCUT2D eigenvalue weighted by Gasteiger charge is 2.31. The minimum absolute atomic E-state index is 0.0155. The average Bonchev–Trinajstić information content (AvgIpc) is 2.36. The van der Waals surface area contributed by atoms with E-state index in [-0.39, 0.29) is 18.4 Å². The molecule has 2 rings (SSSR count). The van der Waals surface area contributed by atoms with Crippen LogP contribution in [0.2, 0.25) is 0 Å². The molecule has 0 saturated carbocycles. The molecule has 0 aromatic heterocycles. The van der Waals surface area contributed by atoms with Crippen LogP contribution in [0.4, 0.5) is 0 Å². The maximum atomic E-state index is 12.4. The smallest absolute Gasteiger partial charge is 0.226 e. The Bertz CT molecular complexity index is 462. The normalized spacial score (nSPS) is 16.2. The van der Waals surface area contributed by atoms with Crippen molar-refractivity contribution in [2.24, 2.45) is 11.8 Å². The molecule has 1 heterocycles. The quantitative estimate of drug-likeness (QED) is 0.811. The molecule has 1 aromatic carbocycles. The van der Waals surface area contributed by atoms with E-state index in [1.165, 1.54) is 0 Å². The maximum Gasteiger partial charge on any atom is 0.226 e. The van der Waals surface area contributed by atoms with Gasteiger partial charge in [0.05, 0.1) is 6.07 Å². The van der Waals surface area contributed by atoms with Gasteiger partial charge < -0.3 is 10.2 Å². The van der Waals surface area contributed by atoms with Crippen molar-refractivity contribution in [3.05, 3.63) is 35.9 Å². The lowest BCUT2D eigenvalue weighted by Gasteiger charge is -2.34. The first-order valence-corrected chi connectivity index (χ1v) is 6.62. The van der Waals surface area contributed by atoms with Crippen molar-refractivity contribution in [3.63, 3.8) is 0 Å². The second-order valence-corrected chi connectivity index (χ2v) is 5.05. The van der Waals surface area contributed by atoms with Gasteiger partial charge in [-0.25, -0.2) is 0 Å². The zero-order valence-corrected chi connectivity index (χ0v) is 11.2. The number of hydrogen-bond donors (Lipinski definition) is 1. The van der Waals surface area contributed by atoms with Gasteiger partial charge in [-0.05, 0) is 24.6 Å². The highest BCUT2D eigenvalue weighted by Crippen LogP contribution is 2.19. The van der Waals surface area contributed by atoms with Gasteiger partial charge in [-0.1, -0.05) is 37.3 Å². The third kappa shape index (κ3) is 3.33. The molecule has 0 aliphatic carbocycles. The molecule has 1 aromatic rings. The Kier molecular flexibility index (Phi) is 4.53. The minimum atomic E-state index is -0.0155. The summed E-state index contributed by atoms with van der Waals surface area (Å²) in [5.41, 5.74) is 1.06. The zero-order valence-electron chi connectivity index (χ0n) is 11.2. The Hall–Kier alpha value is -1.86.